The summed E-state index contributed by atoms with van der Waals surface area (Å²) in [6.45, 7) is 2.48. The smallest absolute Gasteiger partial charge is 0.357 e. The average Bonchev–Trinajstić information content (AvgIpc) is 3.36. The van der Waals surface area contributed by atoms with E-state index in [2.05, 4.69) is 22.0 Å². The highest BCUT2D eigenvalue weighted by Crippen LogP contribution is 2.29. The Bertz CT molecular complexity index is 770. The standard InChI is InChI=1S/C18H21N3O3S/c1-3-12-5-4-6-13(9-12)19-18(23)21(14-7-8-14)10-16-20-15(11-25-16)17(22)24-2/h4-6,9,11,14H,3,7-8,10H2,1-2H3,(H,19,23). The van der Waals surface area contributed by atoms with Gasteiger partial charge in [-0.15, -0.1) is 11.3 Å². The SMILES string of the molecule is CCc1cccc(NC(=O)N(Cc2nc(C(=O)OC)cs2)C2CC2)c1. The van der Waals surface area contributed by atoms with E-state index < -0.39 is 5.97 Å². The predicted molar refractivity (Wildman–Crippen MR) is 96.9 cm³/mol. The van der Waals surface area contributed by atoms with E-state index in [1.165, 1.54) is 24.0 Å². The third-order valence-corrected chi connectivity index (χ3v) is 4.92. The van der Waals surface area contributed by atoms with E-state index >= 15 is 0 Å². The summed E-state index contributed by atoms with van der Waals surface area (Å²) in [6, 6.07) is 7.96. The summed E-state index contributed by atoms with van der Waals surface area (Å²) in [4.78, 5) is 30.3. The number of rotatable bonds is 6. The maximum absolute atomic E-state index is 12.7. The summed E-state index contributed by atoms with van der Waals surface area (Å²) in [5, 5.41) is 5.36. The van der Waals surface area contributed by atoms with Gasteiger partial charge in [0.2, 0.25) is 0 Å². The summed E-state index contributed by atoms with van der Waals surface area (Å²) in [5.41, 5.74) is 2.26. The second-order valence-electron chi connectivity index (χ2n) is 5.96. The normalized spacial score (nSPS) is 13.4. The number of carbonyl (C=O) groups excluding carboxylic acids is 2. The highest BCUT2D eigenvalue weighted by Gasteiger charge is 2.33. The second kappa shape index (κ2) is 7.65. The molecule has 2 amide bonds. The van der Waals surface area contributed by atoms with E-state index in [1.807, 2.05) is 24.3 Å². The molecule has 25 heavy (non-hydrogen) atoms. The zero-order valence-electron chi connectivity index (χ0n) is 14.3. The number of methoxy groups -OCH3 is 1. The number of anilines is 1. The largest absolute Gasteiger partial charge is 0.464 e. The number of hydrogen-bond donors (Lipinski definition) is 1. The zero-order chi connectivity index (χ0) is 17.8. The van der Waals surface area contributed by atoms with Crippen molar-refractivity contribution < 1.29 is 14.3 Å². The maximum Gasteiger partial charge on any atom is 0.357 e. The number of aryl methyl sites for hydroxylation is 1. The molecule has 0 atom stereocenters. The molecule has 1 fully saturated rings. The molecule has 1 aliphatic carbocycles. The first-order chi connectivity index (χ1) is 12.1. The van der Waals surface area contributed by atoms with Crippen molar-refractivity contribution in [1.82, 2.24) is 9.88 Å². The van der Waals surface area contributed by atoms with Crippen LogP contribution in [0, 0.1) is 0 Å². The van der Waals surface area contributed by atoms with Gasteiger partial charge in [0.05, 0.1) is 13.7 Å². The van der Waals surface area contributed by atoms with Crippen molar-refractivity contribution in [2.24, 2.45) is 0 Å². The van der Waals surface area contributed by atoms with Crippen LogP contribution in [0.25, 0.3) is 0 Å². The van der Waals surface area contributed by atoms with Crippen LogP contribution < -0.4 is 5.32 Å². The van der Waals surface area contributed by atoms with E-state index in [4.69, 9.17) is 0 Å². The Kier molecular flexibility index (Phi) is 5.33. The van der Waals surface area contributed by atoms with Crippen molar-refractivity contribution in [3.05, 3.63) is 45.9 Å². The molecule has 7 heteroatoms. The third-order valence-electron chi connectivity index (χ3n) is 4.09. The van der Waals surface area contributed by atoms with E-state index in [1.54, 1.807) is 10.3 Å². The number of amides is 2. The number of nitrogens with zero attached hydrogens (tertiary/aromatic N) is 2. The Hall–Kier alpha value is -2.41. The molecule has 0 unspecified atom stereocenters. The number of benzene rings is 1. The van der Waals surface area contributed by atoms with Crippen molar-refractivity contribution in [3.8, 4) is 0 Å². The van der Waals surface area contributed by atoms with E-state index in [-0.39, 0.29) is 17.8 Å². The molecule has 1 saturated carbocycles. The highest BCUT2D eigenvalue weighted by atomic mass is 32.1. The summed E-state index contributed by atoms with van der Waals surface area (Å²) >= 11 is 1.36. The summed E-state index contributed by atoms with van der Waals surface area (Å²) in [7, 11) is 1.33. The summed E-state index contributed by atoms with van der Waals surface area (Å²) < 4.78 is 4.67. The van der Waals surface area contributed by atoms with Crippen molar-refractivity contribution in [2.75, 3.05) is 12.4 Å². The van der Waals surface area contributed by atoms with E-state index in [0.717, 1.165) is 30.0 Å². The van der Waals surface area contributed by atoms with Crippen LogP contribution in [0.5, 0.6) is 0 Å². The van der Waals surface area contributed by atoms with Gasteiger partial charge in [0.25, 0.3) is 0 Å². The number of esters is 1. The monoisotopic (exact) mass is 359 g/mol. The van der Waals surface area contributed by atoms with Gasteiger partial charge in [-0.2, -0.15) is 0 Å². The van der Waals surface area contributed by atoms with Crippen LogP contribution in [-0.2, 0) is 17.7 Å². The Balaban J connectivity index is 1.69. The molecule has 6 nitrogen and oxygen atoms in total. The first kappa shape index (κ1) is 17.4. The van der Waals surface area contributed by atoms with Crippen LogP contribution >= 0.6 is 11.3 Å². The number of carbonyl (C=O) groups is 2. The molecule has 1 aromatic carbocycles. The fourth-order valence-electron chi connectivity index (χ4n) is 2.54. The molecular weight excluding hydrogens is 338 g/mol. The van der Waals surface area contributed by atoms with Crippen LogP contribution in [0.2, 0.25) is 0 Å². The van der Waals surface area contributed by atoms with E-state index in [0.29, 0.717) is 6.54 Å². The first-order valence-electron chi connectivity index (χ1n) is 8.30. The average molecular weight is 359 g/mol. The third kappa shape index (κ3) is 4.36. The molecule has 2 aromatic rings. The van der Waals surface area contributed by atoms with Gasteiger partial charge in [-0.3, -0.25) is 0 Å². The van der Waals surface area contributed by atoms with Gasteiger partial charge in [-0.05, 0) is 37.0 Å². The van der Waals surface area contributed by atoms with Gasteiger partial charge in [-0.25, -0.2) is 14.6 Å². The van der Waals surface area contributed by atoms with Crippen LogP contribution in [-0.4, -0.2) is 35.0 Å². The van der Waals surface area contributed by atoms with Crippen LogP contribution in [0.15, 0.2) is 29.6 Å². The molecule has 1 aliphatic rings. The Labute approximate surface area is 150 Å². The minimum absolute atomic E-state index is 0.134. The zero-order valence-corrected chi connectivity index (χ0v) is 15.1. The van der Waals surface area contributed by atoms with Crippen molar-refractivity contribution in [3.63, 3.8) is 0 Å². The molecule has 1 N–H and O–H groups in total. The highest BCUT2D eigenvalue weighted by molar-refractivity contribution is 7.09. The number of thiazole rings is 1. The summed E-state index contributed by atoms with van der Waals surface area (Å²) in [5.74, 6) is -0.457. The fraction of sp³-hybridized carbons (Fsp3) is 0.389. The molecular formula is C18H21N3O3S. The van der Waals surface area contributed by atoms with Crippen molar-refractivity contribution >= 4 is 29.0 Å². The Morgan fingerprint density at radius 2 is 2.20 bits per heavy atom. The first-order valence-corrected chi connectivity index (χ1v) is 9.18. The number of ether oxygens (including phenoxy) is 1. The molecule has 1 aromatic heterocycles. The van der Waals surface area contributed by atoms with Crippen molar-refractivity contribution in [2.45, 2.75) is 38.8 Å². The molecule has 0 spiro atoms. The van der Waals surface area contributed by atoms with Gasteiger partial charge >= 0.3 is 12.0 Å². The van der Waals surface area contributed by atoms with Crippen LogP contribution in [0.4, 0.5) is 10.5 Å². The van der Waals surface area contributed by atoms with Crippen LogP contribution in [0.1, 0.15) is 40.8 Å². The molecule has 0 radical (unpaired) electrons. The van der Waals surface area contributed by atoms with Gasteiger partial charge in [-0.1, -0.05) is 19.1 Å². The van der Waals surface area contributed by atoms with Gasteiger partial charge in [0.1, 0.15) is 5.01 Å². The van der Waals surface area contributed by atoms with Gasteiger partial charge in [0, 0.05) is 17.1 Å². The lowest BCUT2D eigenvalue weighted by Gasteiger charge is -2.22. The van der Waals surface area contributed by atoms with E-state index in [9.17, 15) is 9.59 Å². The fourth-order valence-corrected chi connectivity index (χ4v) is 3.31. The molecule has 0 bridgehead atoms. The summed E-state index contributed by atoms with van der Waals surface area (Å²) in [6.07, 6.45) is 2.92. The van der Waals surface area contributed by atoms with Crippen LogP contribution in [0.3, 0.4) is 0 Å². The minimum atomic E-state index is -0.457. The quantitative estimate of drug-likeness (QED) is 0.799. The molecule has 1 heterocycles. The second-order valence-corrected chi connectivity index (χ2v) is 6.90. The Morgan fingerprint density at radius 1 is 1.40 bits per heavy atom. The number of hydrogen-bond acceptors (Lipinski definition) is 5. The molecule has 0 saturated heterocycles. The number of aromatic nitrogens is 1. The Morgan fingerprint density at radius 3 is 2.88 bits per heavy atom. The molecule has 0 aliphatic heterocycles. The lowest BCUT2D eigenvalue weighted by atomic mass is 10.1. The topological polar surface area (TPSA) is 71.5 Å². The predicted octanol–water partition coefficient (Wildman–Crippen LogP) is 3.69. The lowest BCUT2D eigenvalue weighted by Crippen LogP contribution is -2.36. The van der Waals surface area contributed by atoms with Gasteiger partial charge < -0.3 is 15.0 Å². The molecule has 132 valence electrons. The molecule has 3 rings (SSSR count). The maximum atomic E-state index is 12.7. The van der Waals surface area contributed by atoms with Gasteiger partial charge in [0.15, 0.2) is 5.69 Å². The number of nitrogens with one attached hydrogen (secondary N) is 1. The lowest BCUT2D eigenvalue weighted by molar-refractivity contribution is 0.0594. The number of urea groups is 1. The minimum Gasteiger partial charge on any atom is -0.464 e. The van der Waals surface area contributed by atoms with Crippen molar-refractivity contribution in [1.29, 1.82) is 0 Å².